The Morgan fingerprint density at radius 3 is 2.49 bits per heavy atom. The van der Waals surface area contributed by atoms with Crippen LogP contribution in [0.5, 0.6) is 11.5 Å². The lowest BCUT2D eigenvalue weighted by atomic mass is 9.58. The molecule has 11 nitrogen and oxygen atoms in total. The van der Waals surface area contributed by atoms with Gasteiger partial charge in [-0.05, 0) is 51.8 Å². The van der Waals surface area contributed by atoms with Gasteiger partial charge >= 0.3 is 0 Å². The number of rotatable bonds is 4. The molecule has 1 aromatic carbocycles. The summed E-state index contributed by atoms with van der Waals surface area (Å²) in [5.41, 5.74) is 2.40. The maximum absolute atomic E-state index is 13.8. The van der Waals surface area contributed by atoms with Crippen molar-refractivity contribution >= 4 is 17.5 Å². The second kappa shape index (κ2) is 9.32. The Balaban J connectivity index is 1.67. The van der Waals surface area contributed by atoms with Crippen LogP contribution >= 0.6 is 0 Å². The molecule has 7 N–H and O–H groups in total. The Bertz CT molecular complexity index is 1350. The number of hydrogen-bond acceptors (Lipinski definition) is 10. The highest BCUT2D eigenvalue weighted by Crippen LogP contribution is 2.54. The van der Waals surface area contributed by atoms with Gasteiger partial charge in [0.25, 0.3) is 5.91 Å². The number of fused-ring (bicyclic) bond motifs is 3. The number of Topliss-reactive ketones (excluding diaryl/α,β-unsaturated/α-hetero) is 2. The van der Waals surface area contributed by atoms with Gasteiger partial charge in [0.05, 0.1) is 18.7 Å². The van der Waals surface area contributed by atoms with E-state index in [1.54, 1.807) is 14.1 Å². The number of carbonyl (C=O) groups is 3. The molecule has 1 amide bonds. The summed E-state index contributed by atoms with van der Waals surface area (Å²) in [7, 11) is 4.57. The summed E-state index contributed by atoms with van der Waals surface area (Å²) in [6.45, 7) is 0.137. The van der Waals surface area contributed by atoms with Crippen LogP contribution in [0.25, 0.3) is 0 Å². The number of primary amides is 1. The Kier molecular flexibility index (Phi) is 6.47. The van der Waals surface area contributed by atoms with E-state index in [4.69, 9.17) is 10.5 Å². The van der Waals surface area contributed by atoms with Crippen LogP contribution in [0.1, 0.15) is 46.8 Å². The third kappa shape index (κ3) is 3.76. The van der Waals surface area contributed by atoms with Gasteiger partial charge in [-0.2, -0.15) is 0 Å². The molecular formula is C27H32FN3O8. The number of ether oxygens (including phenoxy) is 1. The molecule has 0 saturated carbocycles. The Morgan fingerprint density at radius 2 is 1.92 bits per heavy atom. The topological polar surface area (TPSA) is 183 Å². The van der Waals surface area contributed by atoms with Crippen molar-refractivity contribution in [3.05, 3.63) is 45.4 Å². The number of alkyl halides is 1. The summed E-state index contributed by atoms with van der Waals surface area (Å²) in [6.07, 6.45) is -0.122. The van der Waals surface area contributed by atoms with E-state index in [0.717, 1.165) is 0 Å². The molecule has 210 valence electrons. The smallest absolute Gasteiger partial charge is 0.255 e. The first-order valence-corrected chi connectivity index (χ1v) is 12.8. The number of allylic oxidation sites excluding steroid dienone is 1. The lowest BCUT2D eigenvalue weighted by molar-refractivity contribution is -0.148. The normalized spacial score (nSPS) is 32.6. The zero-order chi connectivity index (χ0) is 28.5. The first-order chi connectivity index (χ1) is 18.3. The zero-order valence-electron chi connectivity index (χ0n) is 21.8. The predicted octanol–water partition coefficient (Wildman–Crippen LogP) is 0.892. The average molecular weight is 546 g/mol. The van der Waals surface area contributed by atoms with Gasteiger partial charge < -0.3 is 36.2 Å². The molecule has 4 aliphatic rings. The quantitative estimate of drug-likeness (QED) is 0.297. The van der Waals surface area contributed by atoms with Crippen LogP contribution in [0.3, 0.4) is 0 Å². The molecule has 1 heterocycles. The van der Waals surface area contributed by atoms with Crippen LogP contribution < -0.4 is 15.8 Å². The van der Waals surface area contributed by atoms with Gasteiger partial charge in [-0.3, -0.25) is 19.3 Å². The maximum atomic E-state index is 13.8. The largest absolute Gasteiger partial charge is 0.510 e. The Morgan fingerprint density at radius 1 is 1.23 bits per heavy atom. The molecule has 1 aliphatic heterocycles. The van der Waals surface area contributed by atoms with E-state index >= 15 is 0 Å². The van der Waals surface area contributed by atoms with Gasteiger partial charge in [-0.25, -0.2) is 4.39 Å². The van der Waals surface area contributed by atoms with E-state index in [2.05, 4.69) is 5.32 Å². The molecule has 0 radical (unpaired) electrons. The molecule has 0 bridgehead atoms. The first-order valence-electron chi connectivity index (χ1n) is 12.8. The maximum Gasteiger partial charge on any atom is 0.255 e. The van der Waals surface area contributed by atoms with E-state index < -0.39 is 64.2 Å². The highest BCUT2D eigenvalue weighted by atomic mass is 19.1. The summed E-state index contributed by atoms with van der Waals surface area (Å²) >= 11 is 0. The fraction of sp³-hybridized carbons (Fsp3) is 0.519. The van der Waals surface area contributed by atoms with E-state index in [-0.39, 0.29) is 42.3 Å². The minimum absolute atomic E-state index is 0.0227. The van der Waals surface area contributed by atoms with Crippen LogP contribution in [0, 0.1) is 11.8 Å². The fourth-order valence-corrected chi connectivity index (χ4v) is 6.91. The number of aliphatic hydroxyl groups is 3. The third-order valence-corrected chi connectivity index (χ3v) is 8.64. The van der Waals surface area contributed by atoms with Crippen LogP contribution in [-0.4, -0.2) is 88.4 Å². The number of amides is 1. The van der Waals surface area contributed by atoms with Crippen molar-refractivity contribution in [1.29, 1.82) is 0 Å². The van der Waals surface area contributed by atoms with Crippen molar-refractivity contribution in [2.24, 2.45) is 17.6 Å². The number of hydrogen-bond donors (Lipinski definition) is 6. The molecule has 6 atom stereocenters. The number of nitrogens with one attached hydrogen (secondary N) is 1. The van der Waals surface area contributed by atoms with E-state index in [9.17, 15) is 39.2 Å². The van der Waals surface area contributed by atoms with Gasteiger partial charge in [0, 0.05) is 35.2 Å². The molecule has 0 spiro atoms. The van der Waals surface area contributed by atoms with Crippen molar-refractivity contribution in [1.82, 2.24) is 10.2 Å². The lowest BCUT2D eigenvalue weighted by Crippen LogP contribution is -2.63. The van der Waals surface area contributed by atoms with Crippen molar-refractivity contribution in [2.75, 3.05) is 27.7 Å². The van der Waals surface area contributed by atoms with Crippen LogP contribution in [-0.2, 0) is 16.0 Å². The zero-order valence-corrected chi connectivity index (χ0v) is 21.8. The number of ketones is 2. The second-order valence-electron chi connectivity index (χ2n) is 11.0. The van der Waals surface area contributed by atoms with Crippen LogP contribution in [0.15, 0.2) is 28.7 Å². The predicted molar refractivity (Wildman–Crippen MR) is 135 cm³/mol. The van der Waals surface area contributed by atoms with Crippen molar-refractivity contribution < 1.29 is 43.9 Å². The Hall–Kier alpha value is -3.48. The molecule has 2 unspecified atom stereocenters. The number of phenols is 1. The minimum Gasteiger partial charge on any atom is -0.510 e. The number of likely N-dealkylation sites (N-methyl/N-ethyl adjacent to an activating group) is 1. The number of benzene rings is 1. The number of nitrogens with two attached hydrogens (primary N) is 1. The number of phenolic OH excluding ortho intramolecular Hbond substituents is 1. The molecular weight excluding hydrogens is 513 g/mol. The number of aliphatic hydroxyl groups excluding tert-OH is 2. The molecule has 1 fully saturated rings. The molecule has 1 saturated heterocycles. The van der Waals surface area contributed by atoms with Gasteiger partial charge in [-0.15, -0.1) is 0 Å². The summed E-state index contributed by atoms with van der Waals surface area (Å²) in [6, 6.07) is -0.00953. The number of methoxy groups -OCH3 is 1. The van der Waals surface area contributed by atoms with E-state index in [1.807, 2.05) is 0 Å². The van der Waals surface area contributed by atoms with Gasteiger partial charge in [0.15, 0.2) is 11.4 Å². The first kappa shape index (κ1) is 27.1. The molecule has 39 heavy (non-hydrogen) atoms. The average Bonchev–Trinajstić information content (AvgIpc) is 2.86. The van der Waals surface area contributed by atoms with Crippen molar-refractivity contribution in [3.8, 4) is 11.5 Å². The fourth-order valence-electron chi connectivity index (χ4n) is 6.91. The summed E-state index contributed by atoms with van der Waals surface area (Å²) in [5, 5.41) is 48.0. The minimum atomic E-state index is -2.70. The number of carbonyl (C=O) groups excluding carboxylic acids is 3. The molecule has 1 aromatic rings. The number of halogens is 1. The van der Waals surface area contributed by atoms with Gasteiger partial charge in [0.1, 0.15) is 34.8 Å². The van der Waals surface area contributed by atoms with Crippen LogP contribution in [0.4, 0.5) is 4.39 Å². The number of nitrogens with zero attached hydrogens (tertiary/aromatic N) is 1. The van der Waals surface area contributed by atoms with Gasteiger partial charge in [0.2, 0.25) is 5.78 Å². The lowest BCUT2D eigenvalue weighted by Gasteiger charge is -2.50. The summed E-state index contributed by atoms with van der Waals surface area (Å²) in [4.78, 5) is 40.8. The summed E-state index contributed by atoms with van der Waals surface area (Å²) < 4.78 is 19.5. The van der Waals surface area contributed by atoms with Crippen molar-refractivity contribution in [2.45, 2.75) is 49.5 Å². The molecule has 3 aliphatic carbocycles. The molecule has 12 heteroatoms. The monoisotopic (exact) mass is 545 g/mol. The summed E-state index contributed by atoms with van der Waals surface area (Å²) in [5.74, 6) is -6.76. The van der Waals surface area contributed by atoms with Crippen LogP contribution in [0.2, 0.25) is 0 Å². The Labute approximate surface area is 223 Å². The standard InChI is InChI=1S/C27H32FN3O8/c1-31(2)20-14-7-10-6-13-18(16(32)8-12(23(13)39-3)15-5-4-11(28)9-30-15)21(33)17(10)24(35)27(14,38)25(36)19(22(20)34)26(29)37/h8,10-11,14-15,20,30,32,34-35,38H,4-7,9H2,1-3H3,(H2,29,37)/t10-,11?,14-,15?,20-,27-/m0/s1. The third-order valence-electron chi connectivity index (χ3n) is 8.64. The number of aromatic hydroxyl groups is 1. The SMILES string of the molecule is COc1c(C2CCC(F)CN2)cc(O)c2c1C[C@H]1C[C@H]3[C@H](N(C)C)C(O)=C(C(N)=O)C(=O)[C@@]3(O)C(O)=C1C2=O. The molecule has 5 rings (SSSR count). The van der Waals surface area contributed by atoms with Gasteiger partial charge in [-0.1, -0.05) is 0 Å². The van der Waals surface area contributed by atoms with E-state index in [1.165, 1.54) is 18.1 Å². The van der Waals surface area contributed by atoms with Crippen molar-refractivity contribution in [3.63, 3.8) is 0 Å². The number of piperidine rings is 1. The second-order valence-corrected chi connectivity index (χ2v) is 11.0. The highest BCUT2D eigenvalue weighted by Gasteiger charge is 2.63. The van der Waals surface area contributed by atoms with E-state index in [0.29, 0.717) is 29.7 Å². The highest BCUT2D eigenvalue weighted by molar-refractivity contribution is 6.24. The molecule has 0 aromatic heterocycles.